The van der Waals surface area contributed by atoms with Gasteiger partial charge in [0.2, 0.25) is 0 Å². The summed E-state index contributed by atoms with van der Waals surface area (Å²) in [7, 11) is 1.63. The molecule has 0 radical (unpaired) electrons. The second-order valence-electron chi connectivity index (χ2n) is 4.66. The molecule has 1 unspecified atom stereocenters. The Morgan fingerprint density at radius 1 is 1.44 bits per heavy atom. The Hall–Kier alpha value is -0.160. The Morgan fingerprint density at radius 3 is 2.69 bits per heavy atom. The minimum absolute atomic E-state index is 0.338. The SMILES string of the molecule is CCNCC1CCN(CC(O)COC)CC1. The van der Waals surface area contributed by atoms with E-state index < -0.39 is 0 Å². The molecule has 0 aromatic rings. The smallest absolute Gasteiger partial charge is 0.0900 e. The van der Waals surface area contributed by atoms with Gasteiger partial charge >= 0.3 is 0 Å². The van der Waals surface area contributed by atoms with Crippen molar-refractivity contribution >= 4 is 0 Å². The lowest BCUT2D eigenvalue weighted by molar-refractivity contribution is 0.0293. The molecule has 96 valence electrons. The number of nitrogens with one attached hydrogen (secondary N) is 1. The summed E-state index contributed by atoms with van der Waals surface area (Å²) in [5, 5.41) is 13.0. The number of rotatable bonds is 7. The van der Waals surface area contributed by atoms with Crippen LogP contribution in [0.4, 0.5) is 0 Å². The fraction of sp³-hybridized carbons (Fsp3) is 1.00. The van der Waals surface area contributed by atoms with Crippen LogP contribution in [0.25, 0.3) is 0 Å². The molecule has 0 spiro atoms. The van der Waals surface area contributed by atoms with Crippen molar-refractivity contribution in [3.05, 3.63) is 0 Å². The van der Waals surface area contributed by atoms with Gasteiger partial charge in [-0.3, -0.25) is 0 Å². The fourth-order valence-corrected chi connectivity index (χ4v) is 2.26. The van der Waals surface area contributed by atoms with Gasteiger partial charge in [0, 0.05) is 13.7 Å². The van der Waals surface area contributed by atoms with Crippen molar-refractivity contribution in [2.75, 3.05) is 46.4 Å². The van der Waals surface area contributed by atoms with Crippen LogP contribution in [0.1, 0.15) is 19.8 Å². The van der Waals surface area contributed by atoms with Gasteiger partial charge in [-0.1, -0.05) is 6.92 Å². The standard InChI is InChI=1S/C12H26N2O2/c1-3-13-8-11-4-6-14(7-5-11)9-12(15)10-16-2/h11-13,15H,3-10H2,1-2H3. The van der Waals surface area contributed by atoms with Crippen LogP contribution in [0.15, 0.2) is 0 Å². The number of piperidine rings is 1. The quantitative estimate of drug-likeness (QED) is 0.661. The van der Waals surface area contributed by atoms with Gasteiger partial charge in [-0.2, -0.15) is 0 Å². The molecule has 0 aliphatic carbocycles. The summed E-state index contributed by atoms with van der Waals surface area (Å²) >= 11 is 0. The molecule has 2 N–H and O–H groups in total. The molecule has 1 atom stereocenters. The zero-order valence-corrected chi connectivity index (χ0v) is 10.6. The van der Waals surface area contributed by atoms with E-state index in [1.165, 1.54) is 12.8 Å². The molecule has 0 amide bonds. The van der Waals surface area contributed by atoms with E-state index >= 15 is 0 Å². The van der Waals surface area contributed by atoms with Gasteiger partial charge in [0.15, 0.2) is 0 Å². The highest BCUT2D eigenvalue weighted by Gasteiger charge is 2.20. The normalized spacial score (nSPS) is 21.2. The van der Waals surface area contributed by atoms with Crippen LogP contribution in [-0.2, 0) is 4.74 Å². The maximum absolute atomic E-state index is 9.63. The van der Waals surface area contributed by atoms with E-state index in [1.807, 2.05) is 0 Å². The monoisotopic (exact) mass is 230 g/mol. The first-order chi connectivity index (χ1) is 7.76. The number of methoxy groups -OCH3 is 1. The molecule has 1 rings (SSSR count). The summed E-state index contributed by atoms with van der Waals surface area (Å²) < 4.78 is 4.93. The molecule has 16 heavy (non-hydrogen) atoms. The third-order valence-corrected chi connectivity index (χ3v) is 3.22. The first kappa shape index (κ1) is 13.9. The molecule has 0 saturated carbocycles. The van der Waals surface area contributed by atoms with Gasteiger partial charge in [0.1, 0.15) is 0 Å². The molecule has 4 heteroatoms. The first-order valence-corrected chi connectivity index (χ1v) is 6.36. The van der Waals surface area contributed by atoms with E-state index in [9.17, 15) is 5.11 Å². The first-order valence-electron chi connectivity index (χ1n) is 6.36. The number of aliphatic hydroxyl groups is 1. The van der Waals surface area contributed by atoms with E-state index in [0.717, 1.165) is 38.6 Å². The molecule has 0 aromatic carbocycles. The third kappa shape index (κ3) is 5.25. The third-order valence-electron chi connectivity index (χ3n) is 3.22. The Labute approximate surface area is 99.0 Å². The topological polar surface area (TPSA) is 44.7 Å². The number of likely N-dealkylation sites (tertiary alicyclic amines) is 1. The molecule has 0 bridgehead atoms. The zero-order valence-electron chi connectivity index (χ0n) is 10.6. The second-order valence-corrected chi connectivity index (χ2v) is 4.66. The minimum atomic E-state index is -0.338. The highest BCUT2D eigenvalue weighted by Crippen LogP contribution is 2.16. The molecule has 1 heterocycles. The number of nitrogens with zero attached hydrogens (tertiary/aromatic N) is 1. The van der Waals surface area contributed by atoms with E-state index in [-0.39, 0.29) is 6.10 Å². The molecule has 1 saturated heterocycles. The highest BCUT2D eigenvalue weighted by molar-refractivity contribution is 4.75. The van der Waals surface area contributed by atoms with Crippen LogP contribution >= 0.6 is 0 Å². The van der Waals surface area contributed by atoms with Gasteiger partial charge in [-0.05, 0) is 44.9 Å². The summed E-state index contributed by atoms with van der Waals surface area (Å²) in [6.07, 6.45) is 2.15. The van der Waals surface area contributed by atoms with Crippen molar-refractivity contribution in [3.63, 3.8) is 0 Å². The Balaban J connectivity index is 2.11. The van der Waals surface area contributed by atoms with E-state index in [2.05, 4.69) is 17.1 Å². The van der Waals surface area contributed by atoms with Crippen molar-refractivity contribution in [3.8, 4) is 0 Å². The van der Waals surface area contributed by atoms with Crippen LogP contribution in [0.3, 0.4) is 0 Å². The van der Waals surface area contributed by atoms with Crippen LogP contribution in [0.5, 0.6) is 0 Å². The van der Waals surface area contributed by atoms with Crippen molar-refractivity contribution in [1.29, 1.82) is 0 Å². The predicted octanol–water partition coefficient (Wildman–Crippen LogP) is 0.315. The Bertz CT molecular complexity index is 170. The molecular weight excluding hydrogens is 204 g/mol. The number of aliphatic hydroxyl groups excluding tert-OH is 1. The Kier molecular flexibility index (Phi) is 6.96. The summed E-state index contributed by atoms with van der Waals surface area (Å²) in [6, 6.07) is 0. The minimum Gasteiger partial charge on any atom is -0.389 e. The number of β-amino-alcohol motifs (C(OH)–C–C–N with tert-alkyl or cyclic N) is 1. The lowest BCUT2D eigenvalue weighted by Crippen LogP contribution is -2.41. The van der Waals surface area contributed by atoms with E-state index in [0.29, 0.717) is 6.61 Å². The summed E-state index contributed by atoms with van der Waals surface area (Å²) in [4.78, 5) is 2.34. The van der Waals surface area contributed by atoms with Gasteiger partial charge < -0.3 is 20.1 Å². The van der Waals surface area contributed by atoms with Crippen LogP contribution in [0, 0.1) is 5.92 Å². The second kappa shape index (κ2) is 8.01. The zero-order chi connectivity index (χ0) is 11.8. The molecule has 1 aliphatic rings. The lowest BCUT2D eigenvalue weighted by atomic mass is 9.96. The van der Waals surface area contributed by atoms with E-state index in [4.69, 9.17) is 4.74 Å². The number of hydrogen-bond acceptors (Lipinski definition) is 4. The maximum atomic E-state index is 9.63. The van der Waals surface area contributed by atoms with Crippen LogP contribution in [0.2, 0.25) is 0 Å². The predicted molar refractivity (Wildman–Crippen MR) is 65.6 cm³/mol. The van der Waals surface area contributed by atoms with E-state index in [1.54, 1.807) is 7.11 Å². The van der Waals surface area contributed by atoms with Crippen molar-refractivity contribution in [1.82, 2.24) is 10.2 Å². The highest BCUT2D eigenvalue weighted by atomic mass is 16.5. The molecule has 4 nitrogen and oxygen atoms in total. The summed E-state index contributed by atoms with van der Waals surface area (Å²) in [5.41, 5.74) is 0. The van der Waals surface area contributed by atoms with Gasteiger partial charge in [0.05, 0.1) is 12.7 Å². The molecule has 1 aliphatic heterocycles. The number of hydrogen-bond donors (Lipinski definition) is 2. The average molecular weight is 230 g/mol. The van der Waals surface area contributed by atoms with Crippen molar-refractivity contribution < 1.29 is 9.84 Å². The fourth-order valence-electron chi connectivity index (χ4n) is 2.26. The summed E-state index contributed by atoms with van der Waals surface area (Å²) in [6.45, 7) is 7.76. The number of ether oxygens (including phenoxy) is 1. The Morgan fingerprint density at radius 2 is 2.12 bits per heavy atom. The van der Waals surface area contributed by atoms with Crippen LogP contribution in [-0.4, -0.2) is 62.6 Å². The molecule has 0 aromatic heterocycles. The van der Waals surface area contributed by atoms with Gasteiger partial charge in [0.25, 0.3) is 0 Å². The average Bonchev–Trinajstić information content (AvgIpc) is 2.28. The largest absolute Gasteiger partial charge is 0.389 e. The van der Waals surface area contributed by atoms with Gasteiger partial charge in [-0.25, -0.2) is 0 Å². The van der Waals surface area contributed by atoms with Crippen LogP contribution < -0.4 is 5.32 Å². The van der Waals surface area contributed by atoms with Crippen molar-refractivity contribution in [2.24, 2.45) is 5.92 Å². The summed E-state index contributed by atoms with van der Waals surface area (Å²) in [5.74, 6) is 0.816. The maximum Gasteiger partial charge on any atom is 0.0900 e. The van der Waals surface area contributed by atoms with Gasteiger partial charge in [-0.15, -0.1) is 0 Å². The molecule has 1 fully saturated rings. The molecular formula is C12H26N2O2. The van der Waals surface area contributed by atoms with Crippen molar-refractivity contribution in [2.45, 2.75) is 25.9 Å². The lowest BCUT2D eigenvalue weighted by Gasteiger charge is -2.33.